The smallest absolute Gasteiger partial charge is 0.135 e. The Bertz CT molecular complexity index is 9800. The van der Waals surface area contributed by atoms with E-state index in [0.717, 1.165) is 123 Å². The maximum absolute atomic E-state index is 6.19. The molecule has 1 aliphatic rings. The highest BCUT2D eigenvalue weighted by Crippen LogP contribution is 2.54. The molecule has 8 nitrogen and oxygen atoms in total. The van der Waals surface area contributed by atoms with Crippen molar-refractivity contribution in [3.05, 3.63) is 521 Å². The Morgan fingerprint density at radius 3 is 0.755 bits per heavy atom. The highest BCUT2D eigenvalue weighted by Gasteiger charge is 2.37. The van der Waals surface area contributed by atoms with E-state index < -0.39 is 0 Å². The molecule has 8 heteroatoms. The summed E-state index contributed by atoms with van der Waals surface area (Å²) < 4.78 is 21.9. The van der Waals surface area contributed by atoms with Crippen molar-refractivity contribution in [2.75, 3.05) is 9.80 Å². The minimum Gasteiger partial charge on any atom is -0.456 e. The molecule has 0 aliphatic heterocycles. The zero-order valence-corrected chi connectivity index (χ0v) is 78.5. The van der Waals surface area contributed by atoms with Crippen molar-refractivity contribution in [3.63, 3.8) is 0 Å². The van der Waals surface area contributed by atoms with E-state index in [9.17, 15) is 0 Å². The van der Waals surface area contributed by atoms with Crippen LogP contribution in [0.2, 0.25) is 0 Å². The van der Waals surface area contributed by atoms with Crippen LogP contribution in [0.15, 0.2) is 518 Å². The van der Waals surface area contributed by atoms with Crippen LogP contribution in [0.5, 0.6) is 0 Å². The molecule has 0 saturated carbocycles. The Morgan fingerprint density at radius 1 is 0.161 bits per heavy atom. The van der Waals surface area contributed by atoms with E-state index in [-0.39, 0.29) is 5.41 Å². The predicted molar refractivity (Wildman–Crippen MR) is 599 cm³/mol. The average molecular weight is 1830 g/mol. The van der Waals surface area contributed by atoms with Crippen molar-refractivity contribution in [3.8, 4) is 89.5 Å². The minimum absolute atomic E-state index is 0.257. The Balaban J connectivity index is 0.000000140. The maximum atomic E-state index is 6.19. The van der Waals surface area contributed by atoms with Crippen LogP contribution in [0, 0.1) is 0 Å². The number of aromatic nitrogens is 4. The largest absolute Gasteiger partial charge is 0.456 e. The number of hydrogen-bond acceptors (Lipinski definition) is 4. The summed E-state index contributed by atoms with van der Waals surface area (Å²) in [6.07, 6.45) is 0. The summed E-state index contributed by atoms with van der Waals surface area (Å²) in [6.45, 7) is 4.78. The van der Waals surface area contributed by atoms with Crippen LogP contribution in [0.3, 0.4) is 0 Å². The fourth-order valence-electron chi connectivity index (χ4n) is 22.9. The summed E-state index contributed by atoms with van der Waals surface area (Å²) in [5.41, 5.74) is 41.1. The molecular weight excluding hydrogens is 1740 g/mol. The number of rotatable bonds is 15. The lowest BCUT2D eigenvalue weighted by Gasteiger charge is -2.28. The van der Waals surface area contributed by atoms with Gasteiger partial charge >= 0.3 is 0 Å². The van der Waals surface area contributed by atoms with E-state index in [0.29, 0.717) is 0 Å². The van der Waals surface area contributed by atoms with Gasteiger partial charge in [-0.3, -0.25) is 0 Å². The number of para-hydroxylation sites is 10. The lowest BCUT2D eigenvalue weighted by atomic mass is 9.82. The number of furan rings is 2. The minimum atomic E-state index is -0.257. The van der Waals surface area contributed by atoms with Crippen molar-refractivity contribution in [1.29, 1.82) is 0 Å². The summed E-state index contributed by atoms with van der Waals surface area (Å²) >= 11 is 0. The van der Waals surface area contributed by atoms with E-state index >= 15 is 0 Å². The van der Waals surface area contributed by atoms with Gasteiger partial charge in [0.25, 0.3) is 0 Å². The quantitative estimate of drug-likeness (QED) is 0.103. The van der Waals surface area contributed by atoms with Crippen LogP contribution in [-0.4, -0.2) is 18.3 Å². The Labute approximate surface area is 825 Å². The first-order chi connectivity index (χ1) is 70.6. The van der Waals surface area contributed by atoms with Crippen LogP contribution in [0.4, 0.5) is 34.1 Å². The molecule has 0 atom stereocenters. The lowest BCUT2D eigenvalue weighted by Crippen LogP contribution is -2.17. The fraction of sp³-hybridized carbons (Fsp3) is 0.0222. The van der Waals surface area contributed by atoms with Crippen LogP contribution < -0.4 is 9.80 Å². The Kier molecular flexibility index (Phi) is 19.2. The Hall–Kier alpha value is -18.8. The van der Waals surface area contributed by atoms with Gasteiger partial charge in [-0.25, -0.2) is 0 Å². The summed E-state index contributed by atoms with van der Waals surface area (Å²) in [5.74, 6) is 0. The van der Waals surface area contributed by atoms with Gasteiger partial charge < -0.3 is 36.9 Å². The number of hydrogen-bond donors (Lipinski definition) is 0. The average Bonchev–Trinajstić information content (AvgIpc) is 1.56. The molecule has 22 aromatic carbocycles. The van der Waals surface area contributed by atoms with E-state index in [1.807, 2.05) is 24.3 Å². The van der Waals surface area contributed by atoms with Gasteiger partial charge in [0.05, 0.1) is 44.1 Å². The van der Waals surface area contributed by atoms with Gasteiger partial charge in [0, 0.05) is 127 Å². The van der Waals surface area contributed by atoms with E-state index in [4.69, 9.17) is 8.83 Å². The first-order valence-corrected chi connectivity index (χ1v) is 49.1. The molecule has 0 unspecified atom stereocenters. The van der Waals surface area contributed by atoms with Gasteiger partial charge in [0.15, 0.2) is 0 Å². The molecule has 0 bridgehead atoms. The zero-order valence-electron chi connectivity index (χ0n) is 78.5. The third-order valence-corrected chi connectivity index (χ3v) is 29.9. The zero-order chi connectivity index (χ0) is 94.5. The van der Waals surface area contributed by atoms with Crippen molar-refractivity contribution in [2.24, 2.45) is 0 Å². The SMILES string of the molecule is CC1(C)c2cc(N(c3ccc(-c4ccc5oc6ccccc6c5c4)cc3)c3ccc(-c4ccc5c(c4)c4ccccc4n5-c4ccccc4)cc3)ccc2-c2ccc(-n3c4ccccc4c4ccccc43)cc21.c1ccc(-n2c3ccccc3c3cc(-c4ccc(N(c5ccc(-c6ccc(-n7c8ccccc8c8ccccc87)cc6)cc5)c5ccc(-c6ccc7oc8ccccc8c7c6)cc5)cc4)ccc32)cc1. The summed E-state index contributed by atoms with van der Waals surface area (Å²) in [7, 11) is 0. The van der Waals surface area contributed by atoms with Crippen LogP contribution >= 0.6 is 0 Å². The van der Waals surface area contributed by atoms with Crippen molar-refractivity contribution in [1.82, 2.24) is 18.3 Å². The van der Waals surface area contributed by atoms with Gasteiger partial charge in [-0.15, -0.1) is 0 Å². The number of anilines is 6. The molecule has 28 aromatic rings. The molecule has 29 rings (SSSR count). The third kappa shape index (κ3) is 13.7. The van der Waals surface area contributed by atoms with Crippen LogP contribution in [0.1, 0.15) is 25.0 Å². The third-order valence-electron chi connectivity index (χ3n) is 29.9. The first-order valence-electron chi connectivity index (χ1n) is 49.1. The second-order valence-electron chi connectivity index (χ2n) is 38.2. The highest BCUT2D eigenvalue weighted by atomic mass is 16.3. The molecule has 0 fully saturated rings. The normalized spacial score (nSPS) is 12.3. The van der Waals surface area contributed by atoms with Gasteiger partial charge in [-0.1, -0.05) is 305 Å². The van der Waals surface area contributed by atoms with E-state index in [2.05, 4.69) is 527 Å². The van der Waals surface area contributed by atoms with E-state index in [1.54, 1.807) is 0 Å². The molecule has 0 radical (unpaired) electrons. The molecular formula is C135H90N6O2. The number of benzene rings is 22. The van der Waals surface area contributed by atoms with Crippen molar-refractivity contribution in [2.45, 2.75) is 19.3 Å². The first kappa shape index (κ1) is 82.5. The summed E-state index contributed by atoms with van der Waals surface area (Å²) in [4.78, 5) is 4.77. The van der Waals surface area contributed by atoms with Gasteiger partial charge in [-0.2, -0.15) is 0 Å². The van der Waals surface area contributed by atoms with Gasteiger partial charge in [0.2, 0.25) is 0 Å². The number of fused-ring (bicyclic) bond motifs is 21. The molecule has 6 heterocycles. The van der Waals surface area contributed by atoms with Crippen molar-refractivity contribution >= 4 is 165 Å². The molecule has 0 amide bonds. The van der Waals surface area contributed by atoms with Crippen molar-refractivity contribution < 1.29 is 8.83 Å². The number of nitrogens with zero attached hydrogens (tertiary/aromatic N) is 6. The molecule has 143 heavy (non-hydrogen) atoms. The van der Waals surface area contributed by atoms with Gasteiger partial charge in [0.1, 0.15) is 22.3 Å². The molecule has 1 aliphatic carbocycles. The second-order valence-corrected chi connectivity index (χ2v) is 38.2. The maximum Gasteiger partial charge on any atom is 0.135 e. The van der Waals surface area contributed by atoms with Crippen LogP contribution in [-0.2, 0) is 5.41 Å². The molecule has 0 saturated heterocycles. The molecule has 672 valence electrons. The molecule has 0 N–H and O–H groups in total. The van der Waals surface area contributed by atoms with Gasteiger partial charge in [-0.05, 0) is 296 Å². The molecule has 6 aromatic heterocycles. The lowest BCUT2D eigenvalue weighted by molar-refractivity contribution is 0.660. The standard InChI is InChI=1S/C69H47N3O.C66H43N3O/c1-69(2)61-42-51(34-36-53(61)54-37-35-52(43-62(54)69)72-63-20-10-6-16-55(63)56-17-7-11-21-64(56)72)70(50-32-26-45(27-33-50)47-29-39-68-60(41-47)58-19-9-13-23-67(58)73-68)49-30-24-44(25-31-49)46-28-38-66-59(40-46)57-18-8-12-22-65(57)71(66)48-14-4-3-5-15-48;1-2-12-50(13-3-1)68-63-20-10-6-16-57(63)59-42-48(30-40-64(59)68)46-26-34-52(35-27-46)67(53-36-28-47(29-37-53)49-31-41-66-60(43-49)58-17-7-11-21-65(58)70-66)51-32-22-44(23-33-51)45-24-38-54(39-25-45)69-61-18-8-4-14-55(61)56-15-5-9-19-62(56)69/h3-43H,1-2H3;1-43H. The van der Waals surface area contributed by atoms with E-state index in [1.165, 1.54) is 143 Å². The fourth-order valence-corrected chi connectivity index (χ4v) is 22.9. The van der Waals surface area contributed by atoms with Crippen LogP contribution in [0.25, 0.3) is 221 Å². The second kappa shape index (κ2) is 33.3. The monoisotopic (exact) mass is 1830 g/mol. The Morgan fingerprint density at radius 2 is 0.392 bits per heavy atom. The summed E-state index contributed by atoms with van der Waals surface area (Å²) in [6, 6.07) is 185. The summed E-state index contributed by atoms with van der Waals surface area (Å²) in [5, 5.41) is 14.6. The highest BCUT2D eigenvalue weighted by molar-refractivity contribution is 6.15. The topological polar surface area (TPSA) is 52.5 Å². The molecule has 0 spiro atoms. The predicted octanol–water partition coefficient (Wildman–Crippen LogP) is 37.1.